The normalized spacial score (nSPS) is 12.8. The molecular weight excluding hydrogens is 577 g/mol. The maximum Gasteiger partial charge on any atom is 0.416 e. The molecule has 1 atom stereocenters. The van der Waals surface area contributed by atoms with Gasteiger partial charge in [-0.25, -0.2) is 9.78 Å². The van der Waals surface area contributed by atoms with Gasteiger partial charge in [0.05, 0.1) is 22.2 Å². The number of hydrogen-bond acceptors (Lipinski definition) is 3. The van der Waals surface area contributed by atoms with Crippen molar-refractivity contribution in [2.24, 2.45) is 0 Å². The highest BCUT2D eigenvalue weighted by atomic mass is 19.4. The number of carbonyl (C=O) groups is 2. The minimum Gasteiger partial charge on any atom is -0.478 e. The van der Waals surface area contributed by atoms with Crippen LogP contribution in [0.3, 0.4) is 0 Å². The molecule has 0 amide bonds. The average molecular weight is 613 g/mol. The lowest BCUT2D eigenvalue weighted by atomic mass is 9.86. The van der Waals surface area contributed by atoms with Crippen LogP contribution < -0.4 is 0 Å². The van der Waals surface area contributed by atoms with Crippen LogP contribution in [0.25, 0.3) is 33.5 Å². The van der Waals surface area contributed by atoms with Crippen molar-refractivity contribution in [3.8, 4) is 22.5 Å². The smallest absolute Gasteiger partial charge is 0.416 e. The zero-order valence-corrected chi connectivity index (χ0v) is 25.6. The van der Waals surface area contributed by atoms with Crippen LogP contribution in [0, 0.1) is 0 Å². The van der Waals surface area contributed by atoms with E-state index >= 15 is 0 Å². The molecule has 5 nitrogen and oxygen atoms in total. The minimum absolute atomic E-state index is 0.0430. The number of carbonyl (C=O) groups excluding carboxylic acids is 1. The number of Topliss-reactive ketones (excluding diaryl/α,β-unsaturated/α-hetero) is 1. The van der Waals surface area contributed by atoms with Crippen LogP contribution in [-0.4, -0.2) is 26.8 Å². The second kappa shape index (κ2) is 12.3. The summed E-state index contributed by atoms with van der Waals surface area (Å²) in [6, 6.07) is 22.8. The van der Waals surface area contributed by atoms with E-state index in [4.69, 9.17) is 0 Å². The van der Waals surface area contributed by atoms with Crippen LogP contribution in [0.15, 0.2) is 84.9 Å². The molecule has 45 heavy (non-hydrogen) atoms. The van der Waals surface area contributed by atoms with Gasteiger partial charge in [-0.2, -0.15) is 13.2 Å². The van der Waals surface area contributed by atoms with E-state index in [-0.39, 0.29) is 45.8 Å². The second-order valence-electron chi connectivity index (χ2n) is 12.4. The molecule has 232 valence electrons. The van der Waals surface area contributed by atoms with Crippen LogP contribution in [0.1, 0.15) is 90.3 Å². The number of rotatable bonds is 9. The molecule has 5 aromatic rings. The number of hydrogen-bond donors (Lipinski definition) is 2. The molecule has 0 fully saturated rings. The number of alkyl halides is 3. The van der Waals surface area contributed by atoms with Crippen molar-refractivity contribution in [2.45, 2.75) is 64.5 Å². The average Bonchev–Trinajstić information content (AvgIpc) is 3.43. The summed E-state index contributed by atoms with van der Waals surface area (Å²) in [5, 5.41) is 10.2. The fourth-order valence-electron chi connectivity index (χ4n) is 5.68. The third-order valence-electron chi connectivity index (χ3n) is 8.15. The molecule has 0 aliphatic rings. The van der Waals surface area contributed by atoms with Gasteiger partial charge in [0.25, 0.3) is 0 Å². The van der Waals surface area contributed by atoms with Crippen molar-refractivity contribution in [2.75, 3.05) is 0 Å². The highest BCUT2D eigenvalue weighted by Gasteiger charge is 2.32. The standard InChI is InChI=1S/C37H35F3N2O3/c1-5-9-23(22-10-7-6-8-11-22)19-33(43)24-12-15-27(30(18-24)35(44)45)29-20-26(37(38,39)40)13-16-28(29)34-41-31-17-14-25(36(2,3)4)21-32(31)42-34/h6-8,10-18,20-21,23H,5,9,19H2,1-4H3,(H,41,42)(H,44,45)/t23-/m0/s1. The Morgan fingerprint density at radius 1 is 0.844 bits per heavy atom. The van der Waals surface area contributed by atoms with Gasteiger partial charge in [-0.15, -0.1) is 0 Å². The molecular formula is C37H35F3N2O3. The van der Waals surface area contributed by atoms with Crippen LogP contribution in [0.4, 0.5) is 13.2 Å². The number of benzene rings is 4. The maximum atomic E-state index is 13.9. The number of nitrogens with zero attached hydrogens (tertiary/aromatic N) is 1. The number of ketones is 1. The largest absolute Gasteiger partial charge is 0.478 e. The van der Waals surface area contributed by atoms with Crippen LogP contribution >= 0.6 is 0 Å². The Morgan fingerprint density at radius 2 is 1.53 bits per heavy atom. The quantitative estimate of drug-likeness (QED) is 0.162. The van der Waals surface area contributed by atoms with Crippen molar-refractivity contribution in [3.05, 3.63) is 113 Å². The van der Waals surface area contributed by atoms with Crippen molar-refractivity contribution in [1.29, 1.82) is 0 Å². The summed E-state index contributed by atoms with van der Waals surface area (Å²) in [5.74, 6) is -1.32. The topological polar surface area (TPSA) is 83.0 Å². The van der Waals surface area contributed by atoms with Crippen LogP contribution in [-0.2, 0) is 11.6 Å². The number of halogens is 3. The molecule has 0 saturated carbocycles. The first-order chi connectivity index (χ1) is 21.3. The van der Waals surface area contributed by atoms with Gasteiger partial charge in [-0.1, -0.05) is 88.7 Å². The summed E-state index contributed by atoms with van der Waals surface area (Å²) in [5.41, 5.74) is 2.71. The number of aromatic nitrogens is 2. The SMILES string of the molecule is CCC[C@@H](CC(=O)c1ccc(-c2cc(C(F)(F)F)ccc2-c2nc3ccc(C(C)(C)C)cc3[nH]2)c(C(=O)O)c1)c1ccccc1. The molecule has 0 unspecified atom stereocenters. The molecule has 0 radical (unpaired) electrons. The lowest BCUT2D eigenvalue weighted by Gasteiger charge is -2.18. The number of aromatic carboxylic acids is 1. The predicted molar refractivity (Wildman–Crippen MR) is 171 cm³/mol. The molecule has 1 heterocycles. The summed E-state index contributed by atoms with van der Waals surface area (Å²) in [6.07, 6.45) is -2.83. The second-order valence-corrected chi connectivity index (χ2v) is 12.4. The molecule has 0 aliphatic carbocycles. The summed E-state index contributed by atoms with van der Waals surface area (Å²) in [6.45, 7) is 8.27. The van der Waals surface area contributed by atoms with Gasteiger partial charge in [0.2, 0.25) is 0 Å². The number of imidazole rings is 1. The Bertz CT molecular complexity index is 1870. The Morgan fingerprint density at radius 3 is 2.18 bits per heavy atom. The van der Waals surface area contributed by atoms with E-state index in [0.29, 0.717) is 22.4 Å². The maximum absolute atomic E-state index is 13.9. The zero-order valence-electron chi connectivity index (χ0n) is 25.6. The van der Waals surface area contributed by atoms with Crippen molar-refractivity contribution >= 4 is 22.8 Å². The molecule has 0 bridgehead atoms. The third-order valence-corrected chi connectivity index (χ3v) is 8.15. The number of nitrogens with one attached hydrogen (secondary N) is 1. The van der Waals surface area contributed by atoms with E-state index < -0.39 is 17.7 Å². The fourth-order valence-corrected chi connectivity index (χ4v) is 5.68. The first-order valence-corrected chi connectivity index (χ1v) is 14.9. The molecule has 0 spiro atoms. The predicted octanol–water partition coefficient (Wildman–Crippen LogP) is 10.1. The molecule has 2 N–H and O–H groups in total. The van der Waals surface area contributed by atoms with Gasteiger partial charge in [0.1, 0.15) is 5.82 Å². The minimum atomic E-state index is -4.66. The van der Waals surface area contributed by atoms with E-state index in [0.717, 1.165) is 36.1 Å². The number of carboxylic acids is 1. The zero-order chi connectivity index (χ0) is 32.5. The Hall–Kier alpha value is -4.72. The van der Waals surface area contributed by atoms with Crippen LogP contribution in [0.2, 0.25) is 0 Å². The van der Waals surface area contributed by atoms with E-state index in [1.165, 1.54) is 24.3 Å². The van der Waals surface area contributed by atoms with Gasteiger partial charge >= 0.3 is 12.1 Å². The van der Waals surface area contributed by atoms with Gasteiger partial charge in [-0.05, 0) is 70.3 Å². The van der Waals surface area contributed by atoms with Gasteiger partial charge in [0, 0.05) is 17.5 Å². The Balaban J connectivity index is 1.60. The molecule has 8 heteroatoms. The van der Waals surface area contributed by atoms with E-state index in [9.17, 15) is 27.9 Å². The number of H-pyrrole nitrogens is 1. The van der Waals surface area contributed by atoms with Crippen LogP contribution in [0.5, 0.6) is 0 Å². The van der Waals surface area contributed by atoms with Crippen molar-refractivity contribution < 1.29 is 27.9 Å². The first kappa shape index (κ1) is 31.7. The Labute approximate surface area is 260 Å². The third kappa shape index (κ3) is 6.85. The van der Waals surface area contributed by atoms with E-state index in [1.54, 1.807) is 0 Å². The lowest BCUT2D eigenvalue weighted by molar-refractivity contribution is -0.137. The molecule has 0 saturated heterocycles. The summed E-state index contributed by atoms with van der Waals surface area (Å²) in [7, 11) is 0. The molecule has 0 aliphatic heterocycles. The summed E-state index contributed by atoms with van der Waals surface area (Å²) in [4.78, 5) is 33.9. The van der Waals surface area contributed by atoms with Gasteiger partial charge in [-0.3, -0.25) is 4.79 Å². The molecule has 1 aromatic heterocycles. The van der Waals surface area contributed by atoms with Gasteiger partial charge in [0.15, 0.2) is 5.78 Å². The summed E-state index contributed by atoms with van der Waals surface area (Å²) < 4.78 is 41.7. The van der Waals surface area contributed by atoms with Gasteiger partial charge < -0.3 is 10.1 Å². The number of fused-ring (bicyclic) bond motifs is 1. The summed E-state index contributed by atoms with van der Waals surface area (Å²) >= 11 is 0. The van der Waals surface area contributed by atoms with Crippen molar-refractivity contribution in [3.63, 3.8) is 0 Å². The highest BCUT2D eigenvalue weighted by Crippen LogP contribution is 2.40. The molecule has 5 rings (SSSR count). The van der Waals surface area contributed by atoms with Crippen molar-refractivity contribution in [1.82, 2.24) is 9.97 Å². The first-order valence-electron chi connectivity index (χ1n) is 14.9. The van der Waals surface area contributed by atoms with E-state index in [2.05, 4.69) is 30.7 Å². The highest BCUT2D eigenvalue weighted by molar-refractivity contribution is 6.04. The number of aromatic amines is 1. The molecule has 4 aromatic carbocycles. The number of carboxylic acid groups (broad SMARTS) is 1. The Kier molecular flexibility index (Phi) is 8.70. The lowest BCUT2D eigenvalue weighted by Crippen LogP contribution is -2.10. The fraction of sp³-hybridized carbons (Fsp3) is 0.270. The monoisotopic (exact) mass is 612 g/mol. The van der Waals surface area contributed by atoms with E-state index in [1.807, 2.05) is 55.5 Å².